The first kappa shape index (κ1) is 17.3. The molecular formula is C15H23NO5. The van der Waals surface area contributed by atoms with E-state index in [2.05, 4.69) is 0 Å². The second-order valence-corrected chi connectivity index (χ2v) is 4.64. The van der Waals surface area contributed by atoms with E-state index in [9.17, 15) is 4.79 Å². The molecule has 0 radical (unpaired) electrons. The summed E-state index contributed by atoms with van der Waals surface area (Å²) in [6, 6.07) is 3.60. The number of ether oxygens (including phenoxy) is 2. The molecule has 0 aliphatic heterocycles. The number of aryl methyl sites for hydroxylation is 1. The SMILES string of the molecule is COc1cc(C)c(CC(=O)N(CCO)CCO)cc1OC. The number of aliphatic hydroxyl groups excluding tert-OH is 2. The van der Waals surface area contributed by atoms with Crippen molar-refractivity contribution in [2.24, 2.45) is 0 Å². The van der Waals surface area contributed by atoms with Crippen molar-refractivity contribution in [3.05, 3.63) is 23.3 Å². The van der Waals surface area contributed by atoms with E-state index in [4.69, 9.17) is 19.7 Å². The van der Waals surface area contributed by atoms with Gasteiger partial charge in [0, 0.05) is 13.1 Å². The molecule has 118 valence electrons. The zero-order valence-corrected chi connectivity index (χ0v) is 12.8. The number of hydrogen-bond donors (Lipinski definition) is 2. The zero-order valence-electron chi connectivity index (χ0n) is 12.8. The van der Waals surface area contributed by atoms with Crippen LogP contribution in [0.1, 0.15) is 11.1 Å². The summed E-state index contributed by atoms with van der Waals surface area (Å²) in [4.78, 5) is 13.7. The molecule has 0 saturated carbocycles. The Balaban J connectivity index is 2.93. The average molecular weight is 297 g/mol. The minimum Gasteiger partial charge on any atom is -0.493 e. The number of carbonyl (C=O) groups excluding carboxylic acids is 1. The van der Waals surface area contributed by atoms with Gasteiger partial charge >= 0.3 is 0 Å². The Morgan fingerprint density at radius 2 is 1.62 bits per heavy atom. The van der Waals surface area contributed by atoms with Gasteiger partial charge in [0.2, 0.25) is 5.91 Å². The van der Waals surface area contributed by atoms with Gasteiger partial charge in [-0.25, -0.2) is 0 Å². The third kappa shape index (κ3) is 4.61. The van der Waals surface area contributed by atoms with Gasteiger partial charge in [0.05, 0.1) is 33.9 Å². The van der Waals surface area contributed by atoms with Crippen LogP contribution in [0.5, 0.6) is 11.5 Å². The molecule has 0 saturated heterocycles. The molecule has 0 aliphatic carbocycles. The Hall–Kier alpha value is -1.79. The molecule has 0 aliphatic rings. The summed E-state index contributed by atoms with van der Waals surface area (Å²) in [5.41, 5.74) is 1.76. The van der Waals surface area contributed by atoms with Gasteiger partial charge in [-0.15, -0.1) is 0 Å². The Bertz CT molecular complexity index is 469. The van der Waals surface area contributed by atoms with E-state index < -0.39 is 0 Å². The van der Waals surface area contributed by atoms with E-state index in [0.29, 0.717) is 11.5 Å². The van der Waals surface area contributed by atoms with Crippen molar-refractivity contribution in [2.45, 2.75) is 13.3 Å². The second-order valence-electron chi connectivity index (χ2n) is 4.64. The number of rotatable bonds is 8. The van der Waals surface area contributed by atoms with Crippen LogP contribution in [-0.4, -0.2) is 61.5 Å². The molecule has 0 fully saturated rings. The lowest BCUT2D eigenvalue weighted by Crippen LogP contribution is -2.37. The monoisotopic (exact) mass is 297 g/mol. The van der Waals surface area contributed by atoms with Gasteiger partial charge in [-0.2, -0.15) is 0 Å². The topological polar surface area (TPSA) is 79.2 Å². The van der Waals surface area contributed by atoms with Gasteiger partial charge in [-0.3, -0.25) is 4.79 Å². The number of carbonyl (C=O) groups is 1. The van der Waals surface area contributed by atoms with E-state index in [1.807, 2.05) is 13.0 Å². The van der Waals surface area contributed by atoms with Crippen LogP contribution in [0.15, 0.2) is 12.1 Å². The lowest BCUT2D eigenvalue weighted by atomic mass is 10.0. The standard InChI is InChI=1S/C15H23NO5/c1-11-8-13(20-2)14(21-3)9-12(11)10-15(19)16(4-6-17)5-7-18/h8-9,17-18H,4-7,10H2,1-3H3. The number of nitrogens with zero attached hydrogens (tertiary/aromatic N) is 1. The maximum atomic E-state index is 12.2. The molecule has 0 unspecified atom stereocenters. The lowest BCUT2D eigenvalue weighted by Gasteiger charge is -2.21. The third-order valence-electron chi connectivity index (χ3n) is 3.28. The first-order chi connectivity index (χ1) is 10.1. The molecule has 6 heteroatoms. The number of amides is 1. The molecule has 21 heavy (non-hydrogen) atoms. The zero-order chi connectivity index (χ0) is 15.8. The summed E-state index contributed by atoms with van der Waals surface area (Å²) in [5, 5.41) is 17.9. The molecular weight excluding hydrogens is 274 g/mol. The van der Waals surface area contributed by atoms with Gasteiger partial charge in [0.25, 0.3) is 0 Å². The second kappa shape index (κ2) is 8.49. The number of methoxy groups -OCH3 is 2. The van der Waals surface area contributed by atoms with Gasteiger partial charge in [-0.1, -0.05) is 0 Å². The van der Waals surface area contributed by atoms with Gasteiger partial charge < -0.3 is 24.6 Å². The first-order valence-corrected chi connectivity index (χ1v) is 6.78. The summed E-state index contributed by atoms with van der Waals surface area (Å²) in [7, 11) is 3.11. The highest BCUT2D eigenvalue weighted by Crippen LogP contribution is 2.30. The highest BCUT2D eigenvalue weighted by atomic mass is 16.5. The van der Waals surface area contributed by atoms with Crippen molar-refractivity contribution in [3.8, 4) is 11.5 Å². The van der Waals surface area contributed by atoms with Crippen molar-refractivity contribution in [3.63, 3.8) is 0 Å². The molecule has 0 aromatic heterocycles. The van der Waals surface area contributed by atoms with E-state index >= 15 is 0 Å². The highest BCUT2D eigenvalue weighted by molar-refractivity contribution is 5.79. The van der Waals surface area contributed by atoms with Crippen molar-refractivity contribution >= 4 is 5.91 Å². The van der Waals surface area contributed by atoms with Crippen LogP contribution in [0.3, 0.4) is 0 Å². The van der Waals surface area contributed by atoms with Crippen LogP contribution in [0.25, 0.3) is 0 Å². The Kier molecular flexibility index (Phi) is 6.98. The molecule has 1 aromatic carbocycles. The van der Waals surface area contributed by atoms with E-state index in [1.165, 1.54) is 4.90 Å². The fraction of sp³-hybridized carbons (Fsp3) is 0.533. The van der Waals surface area contributed by atoms with Crippen LogP contribution < -0.4 is 9.47 Å². The maximum Gasteiger partial charge on any atom is 0.227 e. The van der Waals surface area contributed by atoms with Crippen molar-refractivity contribution < 1.29 is 24.5 Å². The van der Waals surface area contributed by atoms with Crippen LogP contribution in [0.2, 0.25) is 0 Å². The van der Waals surface area contributed by atoms with Crippen LogP contribution >= 0.6 is 0 Å². The van der Waals surface area contributed by atoms with Crippen LogP contribution in [-0.2, 0) is 11.2 Å². The van der Waals surface area contributed by atoms with Gasteiger partial charge in [0.15, 0.2) is 11.5 Å². The first-order valence-electron chi connectivity index (χ1n) is 6.78. The minimum absolute atomic E-state index is 0.128. The summed E-state index contributed by atoms with van der Waals surface area (Å²) < 4.78 is 10.5. The predicted octanol–water partition coefficient (Wildman–Crippen LogP) is 0.368. The highest BCUT2D eigenvalue weighted by Gasteiger charge is 2.16. The quantitative estimate of drug-likeness (QED) is 0.724. The molecule has 0 bridgehead atoms. The van der Waals surface area contributed by atoms with Crippen LogP contribution in [0.4, 0.5) is 0 Å². The van der Waals surface area contributed by atoms with Gasteiger partial charge in [-0.05, 0) is 30.2 Å². The molecule has 2 N–H and O–H groups in total. The van der Waals surface area contributed by atoms with Crippen molar-refractivity contribution in [2.75, 3.05) is 40.5 Å². The summed E-state index contributed by atoms with van der Waals surface area (Å²) >= 11 is 0. The maximum absolute atomic E-state index is 12.2. The smallest absolute Gasteiger partial charge is 0.227 e. The number of benzene rings is 1. The fourth-order valence-corrected chi connectivity index (χ4v) is 2.09. The lowest BCUT2D eigenvalue weighted by molar-refractivity contribution is -0.131. The molecule has 1 amide bonds. The Labute approximate surface area is 124 Å². The number of hydrogen-bond acceptors (Lipinski definition) is 5. The van der Waals surface area contributed by atoms with Gasteiger partial charge in [0.1, 0.15) is 0 Å². The van der Waals surface area contributed by atoms with E-state index in [-0.39, 0.29) is 38.6 Å². The van der Waals surface area contributed by atoms with Crippen LogP contribution in [0, 0.1) is 6.92 Å². The Morgan fingerprint density at radius 3 is 2.10 bits per heavy atom. The molecule has 0 heterocycles. The average Bonchev–Trinajstić information content (AvgIpc) is 2.48. The van der Waals surface area contributed by atoms with E-state index in [1.54, 1.807) is 20.3 Å². The van der Waals surface area contributed by atoms with Crippen molar-refractivity contribution in [1.82, 2.24) is 4.90 Å². The summed E-state index contributed by atoms with van der Waals surface area (Å²) in [6.07, 6.45) is 0.187. The normalized spacial score (nSPS) is 10.3. The molecule has 0 atom stereocenters. The molecule has 1 aromatic rings. The predicted molar refractivity (Wildman–Crippen MR) is 78.7 cm³/mol. The molecule has 0 spiro atoms. The number of aliphatic hydroxyl groups is 2. The largest absolute Gasteiger partial charge is 0.493 e. The fourth-order valence-electron chi connectivity index (χ4n) is 2.09. The summed E-state index contributed by atoms with van der Waals surface area (Å²) in [6.45, 7) is 2.07. The van der Waals surface area contributed by atoms with Crippen molar-refractivity contribution in [1.29, 1.82) is 0 Å². The third-order valence-corrected chi connectivity index (χ3v) is 3.28. The molecule has 6 nitrogen and oxygen atoms in total. The molecule has 1 rings (SSSR count). The summed E-state index contributed by atoms with van der Waals surface area (Å²) in [5.74, 6) is 1.05. The Morgan fingerprint density at radius 1 is 1.10 bits per heavy atom. The van der Waals surface area contributed by atoms with E-state index in [0.717, 1.165) is 11.1 Å². The minimum atomic E-state index is -0.145.